The molecule has 1 aliphatic rings. The summed E-state index contributed by atoms with van der Waals surface area (Å²) in [5, 5.41) is 0. The van der Waals surface area contributed by atoms with Crippen LogP contribution in [0.4, 0.5) is 8.78 Å². The van der Waals surface area contributed by atoms with Crippen molar-refractivity contribution >= 4 is 5.91 Å². The number of hydrogen-bond acceptors (Lipinski definition) is 2. The van der Waals surface area contributed by atoms with E-state index in [-0.39, 0.29) is 17.9 Å². The van der Waals surface area contributed by atoms with Gasteiger partial charge in [0.1, 0.15) is 0 Å². The number of hydrogen-bond donors (Lipinski definition) is 1. The first-order valence-corrected chi connectivity index (χ1v) is 6.42. The van der Waals surface area contributed by atoms with Crippen molar-refractivity contribution in [2.24, 2.45) is 11.7 Å². The molecule has 1 aromatic rings. The molecule has 0 radical (unpaired) electrons. The Hall–Kier alpha value is -1.49. The summed E-state index contributed by atoms with van der Waals surface area (Å²) in [5.74, 6) is -1.58. The first-order chi connectivity index (χ1) is 8.97. The van der Waals surface area contributed by atoms with E-state index in [2.05, 4.69) is 0 Å². The lowest BCUT2D eigenvalue weighted by molar-refractivity contribution is -0.137. The van der Waals surface area contributed by atoms with Crippen molar-refractivity contribution in [2.75, 3.05) is 13.6 Å². The molecule has 1 aromatic carbocycles. The molecule has 5 heteroatoms. The van der Waals surface area contributed by atoms with Gasteiger partial charge in [-0.05, 0) is 37.0 Å². The SMILES string of the molecule is CN(CCc1ccc(F)c(F)c1)C(=O)C1CC(N)C1. The molecule has 104 valence electrons. The first kappa shape index (κ1) is 13.9. The predicted octanol–water partition coefficient (Wildman–Crippen LogP) is 1.70. The van der Waals surface area contributed by atoms with Crippen molar-refractivity contribution in [3.8, 4) is 0 Å². The Bertz CT molecular complexity index is 473. The monoisotopic (exact) mass is 268 g/mol. The predicted molar refractivity (Wildman–Crippen MR) is 68.4 cm³/mol. The summed E-state index contributed by atoms with van der Waals surface area (Å²) in [5.41, 5.74) is 6.34. The Labute approximate surface area is 111 Å². The van der Waals surface area contributed by atoms with Crippen LogP contribution in [0, 0.1) is 17.6 Å². The summed E-state index contributed by atoms with van der Waals surface area (Å²) in [6.07, 6.45) is 2.00. The molecule has 2 rings (SSSR count). The van der Waals surface area contributed by atoms with Gasteiger partial charge < -0.3 is 10.6 Å². The highest BCUT2D eigenvalue weighted by Crippen LogP contribution is 2.27. The van der Waals surface area contributed by atoms with Crippen molar-refractivity contribution in [2.45, 2.75) is 25.3 Å². The zero-order valence-corrected chi connectivity index (χ0v) is 10.9. The van der Waals surface area contributed by atoms with E-state index in [4.69, 9.17) is 5.73 Å². The molecule has 0 bridgehead atoms. The minimum atomic E-state index is -0.851. The van der Waals surface area contributed by atoms with Crippen LogP contribution in [0.5, 0.6) is 0 Å². The van der Waals surface area contributed by atoms with Crippen LogP contribution in [0.15, 0.2) is 18.2 Å². The fraction of sp³-hybridized carbons (Fsp3) is 0.500. The van der Waals surface area contributed by atoms with Gasteiger partial charge in [-0.2, -0.15) is 0 Å². The molecule has 1 aliphatic carbocycles. The van der Waals surface area contributed by atoms with Crippen LogP contribution in [-0.4, -0.2) is 30.4 Å². The van der Waals surface area contributed by atoms with Gasteiger partial charge in [-0.1, -0.05) is 6.07 Å². The van der Waals surface area contributed by atoms with Crippen molar-refractivity contribution in [3.05, 3.63) is 35.4 Å². The number of likely N-dealkylation sites (N-methyl/N-ethyl adjacent to an activating group) is 1. The molecule has 0 aromatic heterocycles. The average Bonchev–Trinajstić information content (AvgIpc) is 2.35. The maximum atomic E-state index is 13.0. The van der Waals surface area contributed by atoms with Gasteiger partial charge >= 0.3 is 0 Å². The quantitative estimate of drug-likeness (QED) is 0.903. The number of nitrogens with zero attached hydrogens (tertiary/aromatic N) is 1. The molecule has 0 heterocycles. The Kier molecular flexibility index (Phi) is 4.14. The first-order valence-electron chi connectivity index (χ1n) is 6.42. The number of nitrogens with two attached hydrogens (primary N) is 1. The second-order valence-corrected chi connectivity index (χ2v) is 5.19. The van der Waals surface area contributed by atoms with Gasteiger partial charge in [-0.15, -0.1) is 0 Å². The average molecular weight is 268 g/mol. The van der Waals surface area contributed by atoms with Crippen LogP contribution >= 0.6 is 0 Å². The normalized spacial score (nSPS) is 21.9. The molecule has 0 unspecified atom stereocenters. The molecule has 0 spiro atoms. The summed E-state index contributed by atoms with van der Waals surface area (Å²) >= 11 is 0. The lowest BCUT2D eigenvalue weighted by atomic mass is 9.80. The molecule has 1 amide bonds. The molecular weight excluding hydrogens is 250 g/mol. The maximum Gasteiger partial charge on any atom is 0.225 e. The maximum absolute atomic E-state index is 13.0. The number of amides is 1. The topological polar surface area (TPSA) is 46.3 Å². The van der Waals surface area contributed by atoms with E-state index in [1.807, 2.05) is 0 Å². The number of benzene rings is 1. The van der Waals surface area contributed by atoms with E-state index in [0.29, 0.717) is 18.5 Å². The number of carbonyl (C=O) groups is 1. The van der Waals surface area contributed by atoms with Gasteiger partial charge in [0.25, 0.3) is 0 Å². The van der Waals surface area contributed by atoms with Crippen molar-refractivity contribution in [1.29, 1.82) is 0 Å². The van der Waals surface area contributed by atoms with E-state index in [1.165, 1.54) is 12.1 Å². The molecule has 3 nitrogen and oxygen atoms in total. The second-order valence-electron chi connectivity index (χ2n) is 5.19. The minimum absolute atomic E-state index is 0.0324. The summed E-state index contributed by atoms with van der Waals surface area (Å²) in [4.78, 5) is 13.6. The molecule has 0 atom stereocenters. The Balaban J connectivity index is 1.84. The summed E-state index contributed by atoms with van der Waals surface area (Å²) < 4.78 is 25.8. The minimum Gasteiger partial charge on any atom is -0.345 e. The summed E-state index contributed by atoms with van der Waals surface area (Å²) in [7, 11) is 1.73. The molecule has 0 aliphatic heterocycles. The van der Waals surface area contributed by atoms with Crippen LogP contribution in [0.1, 0.15) is 18.4 Å². The smallest absolute Gasteiger partial charge is 0.225 e. The number of rotatable bonds is 4. The van der Waals surface area contributed by atoms with Gasteiger partial charge in [-0.3, -0.25) is 4.79 Å². The molecule has 19 heavy (non-hydrogen) atoms. The fourth-order valence-corrected chi connectivity index (χ4v) is 2.28. The standard InChI is InChI=1S/C14H18F2N2O/c1-18(14(19)10-7-11(17)8-10)5-4-9-2-3-12(15)13(16)6-9/h2-3,6,10-11H,4-5,7-8,17H2,1H3. The highest BCUT2D eigenvalue weighted by atomic mass is 19.2. The highest BCUT2D eigenvalue weighted by Gasteiger charge is 2.33. The zero-order chi connectivity index (χ0) is 14.0. The Morgan fingerprint density at radius 2 is 2.05 bits per heavy atom. The molecule has 1 fully saturated rings. The van der Waals surface area contributed by atoms with Crippen molar-refractivity contribution in [1.82, 2.24) is 4.90 Å². The largest absolute Gasteiger partial charge is 0.345 e. The van der Waals surface area contributed by atoms with Crippen molar-refractivity contribution in [3.63, 3.8) is 0 Å². The molecule has 1 saturated carbocycles. The second kappa shape index (κ2) is 5.65. The number of halogens is 2. The lowest BCUT2D eigenvalue weighted by Gasteiger charge is -2.34. The molecular formula is C14H18F2N2O. The zero-order valence-electron chi connectivity index (χ0n) is 10.9. The van der Waals surface area contributed by atoms with Gasteiger partial charge in [-0.25, -0.2) is 8.78 Å². The van der Waals surface area contributed by atoms with E-state index >= 15 is 0 Å². The van der Waals surface area contributed by atoms with E-state index in [0.717, 1.165) is 18.9 Å². The van der Waals surface area contributed by atoms with Gasteiger partial charge in [0.05, 0.1) is 0 Å². The van der Waals surface area contributed by atoms with Crippen LogP contribution in [0.25, 0.3) is 0 Å². The lowest BCUT2D eigenvalue weighted by Crippen LogP contribution is -2.46. The van der Waals surface area contributed by atoms with E-state index < -0.39 is 11.6 Å². The van der Waals surface area contributed by atoms with E-state index in [1.54, 1.807) is 11.9 Å². The third-order valence-corrected chi connectivity index (χ3v) is 3.62. The highest BCUT2D eigenvalue weighted by molar-refractivity contribution is 5.79. The Morgan fingerprint density at radius 1 is 1.37 bits per heavy atom. The molecule has 0 saturated heterocycles. The Morgan fingerprint density at radius 3 is 2.63 bits per heavy atom. The van der Waals surface area contributed by atoms with Gasteiger partial charge in [0.15, 0.2) is 11.6 Å². The van der Waals surface area contributed by atoms with Crippen LogP contribution in [-0.2, 0) is 11.2 Å². The van der Waals surface area contributed by atoms with Crippen LogP contribution in [0.2, 0.25) is 0 Å². The molecule has 2 N–H and O–H groups in total. The van der Waals surface area contributed by atoms with E-state index in [9.17, 15) is 13.6 Å². The van der Waals surface area contributed by atoms with Crippen LogP contribution < -0.4 is 5.73 Å². The summed E-state index contributed by atoms with van der Waals surface area (Å²) in [6, 6.07) is 3.97. The van der Waals surface area contributed by atoms with Gasteiger partial charge in [0, 0.05) is 25.6 Å². The van der Waals surface area contributed by atoms with Crippen molar-refractivity contribution < 1.29 is 13.6 Å². The van der Waals surface area contributed by atoms with Crippen LogP contribution in [0.3, 0.4) is 0 Å². The third-order valence-electron chi connectivity index (χ3n) is 3.62. The van der Waals surface area contributed by atoms with Gasteiger partial charge in [0.2, 0.25) is 5.91 Å². The fourth-order valence-electron chi connectivity index (χ4n) is 2.28. The number of carbonyl (C=O) groups excluding carboxylic acids is 1. The third kappa shape index (κ3) is 3.29. The summed E-state index contributed by atoms with van der Waals surface area (Å²) in [6.45, 7) is 0.496.